The van der Waals surface area contributed by atoms with E-state index in [1.165, 1.54) is 10.9 Å². The van der Waals surface area contributed by atoms with Crippen molar-refractivity contribution < 1.29 is 14.8 Å². The quantitative estimate of drug-likeness (QED) is 0.547. The fourth-order valence-corrected chi connectivity index (χ4v) is 1.64. The molecule has 0 saturated heterocycles. The first-order valence-electron chi connectivity index (χ1n) is 6.01. The maximum absolute atomic E-state index is 11.8. The molecule has 1 amide bonds. The van der Waals surface area contributed by atoms with Crippen LogP contribution in [0.2, 0.25) is 0 Å². The minimum absolute atomic E-state index is 0.00360. The standard InChI is InChI=1S/C11H18N4O4/c1-8(2)10(3-4-16)13-11(17)7-14-6-9(5-12-14)15(18)19/h5-6,8,10,16H,3-4,7H2,1-2H3,(H,13,17). The predicted octanol–water partition coefficient (Wildman–Crippen LogP) is 0.314. The summed E-state index contributed by atoms with van der Waals surface area (Å²) in [6.07, 6.45) is 2.78. The molecule has 0 aliphatic carbocycles. The summed E-state index contributed by atoms with van der Waals surface area (Å²) in [5, 5.41) is 25.9. The molecular weight excluding hydrogens is 252 g/mol. The van der Waals surface area contributed by atoms with Gasteiger partial charge < -0.3 is 10.4 Å². The number of aromatic nitrogens is 2. The summed E-state index contributed by atoms with van der Waals surface area (Å²) in [5.41, 5.74) is -0.149. The molecular formula is C11H18N4O4. The molecule has 0 aliphatic heterocycles. The normalized spacial score (nSPS) is 12.4. The van der Waals surface area contributed by atoms with Crippen molar-refractivity contribution in [2.24, 2.45) is 5.92 Å². The fraction of sp³-hybridized carbons (Fsp3) is 0.636. The van der Waals surface area contributed by atoms with Crippen LogP contribution in [0.25, 0.3) is 0 Å². The van der Waals surface area contributed by atoms with Crippen molar-refractivity contribution in [3.05, 3.63) is 22.5 Å². The van der Waals surface area contributed by atoms with Gasteiger partial charge in [0.2, 0.25) is 5.91 Å². The molecule has 1 heterocycles. The molecule has 1 aromatic heterocycles. The van der Waals surface area contributed by atoms with Gasteiger partial charge in [-0.1, -0.05) is 13.8 Å². The molecule has 0 aromatic carbocycles. The second-order valence-corrected chi connectivity index (χ2v) is 4.58. The molecule has 0 radical (unpaired) electrons. The molecule has 0 saturated carbocycles. The molecule has 0 spiro atoms. The van der Waals surface area contributed by atoms with Crippen LogP contribution in [0.15, 0.2) is 12.4 Å². The van der Waals surface area contributed by atoms with Crippen LogP contribution < -0.4 is 5.32 Å². The number of hydrogen-bond acceptors (Lipinski definition) is 5. The minimum Gasteiger partial charge on any atom is -0.396 e. The third-order valence-corrected chi connectivity index (χ3v) is 2.73. The van der Waals surface area contributed by atoms with Gasteiger partial charge in [0.15, 0.2) is 0 Å². The Morgan fingerprint density at radius 2 is 2.32 bits per heavy atom. The third kappa shape index (κ3) is 4.66. The van der Waals surface area contributed by atoms with E-state index in [2.05, 4.69) is 10.4 Å². The molecule has 0 bridgehead atoms. The Labute approximate surface area is 110 Å². The highest BCUT2D eigenvalue weighted by molar-refractivity contribution is 5.76. The molecule has 8 heteroatoms. The Morgan fingerprint density at radius 3 is 2.79 bits per heavy atom. The van der Waals surface area contributed by atoms with Crippen molar-refractivity contribution in [3.63, 3.8) is 0 Å². The molecule has 1 rings (SSSR count). The van der Waals surface area contributed by atoms with Crippen LogP contribution >= 0.6 is 0 Å². The van der Waals surface area contributed by atoms with Gasteiger partial charge >= 0.3 is 5.69 Å². The lowest BCUT2D eigenvalue weighted by atomic mass is 10.0. The van der Waals surface area contributed by atoms with Gasteiger partial charge in [0.1, 0.15) is 18.9 Å². The number of aliphatic hydroxyl groups is 1. The van der Waals surface area contributed by atoms with E-state index >= 15 is 0 Å². The summed E-state index contributed by atoms with van der Waals surface area (Å²) < 4.78 is 1.21. The zero-order chi connectivity index (χ0) is 14.4. The number of nitro groups is 1. The van der Waals surface area contributed by atoms with Gasteiger partial charge in [-0.05, 0) is 12.3 Å². The van der Waals surface area contributed by atoms with E-state index in [9.17, 15) is 14.9 Å². The lowest BCUT2D eigenvalue weighted by Gasteiger charge is -2.21. The smallest absolute Gasteiger partial charge is 0.307 e. The summed E-state index contributed by atoms with van der Waals surface area (Å²) in [6.45, 7) is 3.80. The molecule has 1 aromatic rings. The Morgan fingerprint density at radius 1 is 1.63 bits per heavy atom. The monoisotopic (exact) mass is 270 g/mol. The number of hydrogen-bond donors (Lipinski definition) is 2. The van der Waals surface area contributed by atoms with Gasteiger partial charge in [0.25, 0.3) is 0 Å². The lowest BCUT2D eigenvalue weighted by Crippen LogP contribution is -2.40. The van der Waals surface area contributed by atoms with Gasteiger partial charge in [-0.2, -0.15) is 5.10 Å². The second kappa shape index (κ2) is 6.83. The van der Waals surface area contributed by atoms with Crippen LogP contribution in [0.1, 0.15) is 20.3 Å². The summed E-state index contributed by atoms with van der Waals surface area (Å²) in [7, 11) is 0. The summed E-state index contributed by atoms with van der Waals surface area (Å²) in [6, 6.07) is -0.122. The second-order valence-electron chi connectivity index (χ2n) is 4.58. The van der Waals surface area contributed by atoms with E-state index in [1.807, 2.05) is 13.8 Å². The highest BCUT2D eigenvalue weighted by atomic mass is 16.6. The Hall–Kier alpha value is -1.96. The Balaban J connectivity index is 2.55. The number of nitrogens with zero attached hydrogens (tertiary/aromatic N) is 3. The lowest BCUT2D eigenvalue weighted by molar-refractivity contribution is -0.385. The zero-order valence-electron chi connectivity index (χ0n) is 10.9. The molecule has 8 nitrogen and oxygen atoms in total. The van der Waals surface area contributed by atoms with Crippen LogP contribution in [-0.2, 0) is 11.3 Å². The molecule has 2 N–H and O–H groups in total. The average Bonchev–Trinajstić information content (AvgIpc) is 2.76. The predicted molar refractivity (Wildman–Crippen MR) is 67.4 cm³/mol. The van der Waals surface area contributed by atoms with Crippen molar-refractivity contribution in [2.75, 3.05) is 6.61 Å². The molecule has 19 heavy (non-hydrogen) atoms. The summed E-state index contributed by atoms with van der Waals surface area (Å²) >= 11 is 0. The molecule has 106 valence electrons. The van der Waals surface area contributed by atoms with Crippen molar-refractivity contribution in [3.8, 4) is 0 Å². The molecule has 0 fully saturated rings. The first-order valence-corrected chi connectivity index (χ1v) is 6.01. The number of carbonyl (C=O) groups is 1. The topological polar surface area (TPSA) is 110 Å². The number of carbonyl (C=O) groups excluding carboxylic acids is 1. The van der Waals surface area contributed by atoms with E-state index in [0.29, 0.717) is 6.42 Å². The number of nitrogens with one attached hydrogen (secondary N) is 1. The largest absolute Gasteiger partial charge is 0.396 e. The van der Waals surface area contributed by atoms with Gasteiger partial charge in [-0.25, -0.2) is 0 Å². The van der Waals surface area contributed by atoms with E-state index in [4.69, 9.17) is 5.11 Å². The van der Waals surface area contributed by atoms with Gasteiger partial charge in [0, 0.05) is 12.6 Å². The van der Waals surface area contributed by atoms with Crippen LogP contribution in [-0.4, -0.2) is 38.4 Å². The molecule has 0 aliphatic rings. The van der Waals surface area contributed by atoms with Gasteiger partial charge in [-0.15, -0.1) is 0 Å². The number of rotatable bonds is 7. The fourth-order valence-electron chi connectivity index (χ4n) is 1.64. The zero-order valence-corrected chi connectivity index (χ0v) is 10.9. The highest BCUT2D eigenvalue weighted by Gasteiger charge is 2.17. The van der Waals surface area contributed by atoms with Crippen LogP contribution in [0.3, 0.4) is 0 Å². The van der Waals surface area contributed by atoms with E-state index in [1.54, 1.807) is 0 Å². The Kier molecular flexibility index (Phi) is 5.43. The SMILES string of the molecule is CC(C)C(CCO)NC(=O)Cn1cc([N+](=O)[O-])cn1. The van der Waals surface area contributed by atoms with Crippen molar-refractivity contribution in [1.82, 2.24) is 15.1 Å². The highest BCUT2D eigenvalue weighted by Crippen LogP contribution is 2.08. The minimum atomic E-state index is -0.565. The average molecular weight is 270 g/mol. The van der Waals surface area contributed by atoms with E-state index < -0.39 is 4.92 Å². The number of aliphatic hydroxyl groups excluding tert-OH is 1. The van der Waals surface area contributed by atoms with Crippen LogP contribution in [0.5, 0.6) is 0 Å². The first kappa shape index (κ1) is 15.1. The summed E-state index contributed by atoms with van der Waals surface area (Å²) in [5.74, 6) is -0.0896. The van der Waals surface area contributed by atoms with E-state index in [0.717, 1.165) is 6.20 Å². The maximum Gasteiger partial charge on any atom is 0.307 e. The first-order chi connectivity index (χ1) is 8.93. The van der Waals surface area contributed by atoms with Crippen LogP contribution in [0, 0.1) is 16.0 Å². The summed E-state index contributed by atoms with van der Waals surface area (Å²) in [4.78, 5) is 21.7. The maximum atomic E-state index is 11.8. The van der Waals surface area contributed by atoms with E-state index in [-0.39, 0.29) is 36.7 Å². The van der Waals surface area contributed by atoms with Crippen LogP contribution in [0.4, 0.5) is 5.69 Å². The van der Waals surface area contributed by atoms with Crippen molar-refractivity contribution in [1.29, 1.82) is 0 Å². The van der Waals surface area contributed by atoms with Gasteiger partial charge in [-0.3, -0.25) is 19.6 Å². The third-order valence-electron chi connectivity index (χ3n) is 2.73. The van der Waals surface area contributed by atoms with Gasteiger partial charge in [0.05, 0.1) is 4.92 Å². The van der Waals surface area contributed by atoms with Crippen molar-refractivity contribution in [2.45, 2.75) is 32.9 Å². The molecule has 1 atom stereocenters. The Bertz CT molecular complexity index is 444. The molecule has 1 unspecified atom stereocenters. The van der Waals surface area contributed by atoms with Crippen molar-refractivity contribution >= 4 is 11.6 Å². The number of amides is 1.